The predicted octanol–water partition coefficient (Wildman–Crippen LogP) is 2.67. The zero-order valence-corrected chi connectivity index (χ0v) is 8.37. The molecule has 1 aliphatic rings. The van der Waals surface area contributed by atoms with Gasteiger partial charge in [0.2, 0.25) is 0 Å². The molecule has 14 heavy (non-hydrogen) atoms. The maximum absolute atomic E-state index is 8.75. The molecule has 2 nitrogen and oxygen atoms in total. The Labute approximate surface area is 84.1 Å². The zero-order valence-electron chi connectivity index (χ0n) is 8.37. The van der Waals surface area contributed by atoms with E-state index < -0.39 is 0 Å². The van der Waals surface area contributed by atoms with Gasteiger partial charge in [0, 0.05) is 0 Å². The van der Waals surface area contributed by atoms with Crippen molar-refractivity contribution in [2.75, 3.05) is 0 Å². The van der Waals surface area contributed by atoms with Gasteiger partial charge in [0.1, 0.15) is 11.4 Å². The van der Waals surface area contributed by atoms with Gasteiger partial charge in [-0.05, 0) is 44.4 Å². The van der Waals surface area contributed by atoms with Gasteiger partial charge in [-0.2, -0.15) is 5.26 Å². The highest BCUT2D eigenvalue weighted by Crippen LogP contribution is 2.34. The summed E-state index contributed by atoms with van der Waals surface area (Å²) in [6.45, 7) is 4.09. The summed E-state index contributed by atoms with van der Waals surface area (Å²) in [7, 11) is 0. The first kappa shape index (κ1) is 9.08. The number of ether oxygens (including phenoxy) is 1. The van der Waals surface area contributed by atoms with Crippen LogP contribution in [0.5, 0.6) is 5.75 Å². The minimum Gasteiger partial charge on any atom is -0.488 e. The third kappa shape index (κ3) is 1.58. The summed E-state index contributed by atoms with van der Waals surface area (Å²) in [4.78, 5) is 0. The second kappa shape index (κ2) is 3.02. The van der Waals surface area contributed by atoms with Crippen LogP contribution in [0.25, 0.3) is 0 Å². The van der Waals surface area contributed by atoms with E-state index in [9.17, 15) is 0 Å². The number of hydrogen-bond acceptors (Lipinski definition) is 2. The SMILES string of the molecule is CC1(C)C[CH]c2ccc(C#N)cc2O1. The van der Waals surface area contributed by atoms with E-state index in [-0.39, 0.29) is 5.60 Å². The molecule has 0 N–H and O–H groups in total. The van der Waals surface area contributed by atoms with Crippen LogP contribution >= 0.6 is 0 Å². The molecule has 0 amide bonds. The van der Waals surface area contributed by atoms with Crippen LogP contribution in [0, 0.1) is 17.8 Å². The summed E-state index contributed by atoms with van der Waals surface area (Å²) < 4.78 is 5.78. The van der Waals surface area contributed by atoms with E-state index in [4.69, 9.17) is 10.00 Å². The van der Waals surface area contributed by atoms with Crippen LogP contribution in [-0.4, -0.2) is 5.60 Å². The Hall–Kier alpha value is -1.49. The molecule has 1 radical (unpaired) electrons. The molecule has 0 bridgehead atoms. The van der Waals surface area contributed by atoms with Crippen molar-refractivity contribution in [3.05, 3.63) is 35.7 Å². The third-order valence-corrected chi connectivity index (χ3v) is 2.34. The molecule has 0 aliphatic carbocycles. The Morgan fingerprint density at radius 2 is 2.21 bits per heavy atom. The smallest absolute Gasteiger partial charge is 0.124 e. The largest absolute Gasteiger partial charge is 0.488 e. The molecule has 2 rings (SSSR count). The monoisotopic (exact) mass is 186 g/mol. The van der Waals surface area contributed by atoms with Gasteiger partial charge < -0.3 is 4.74 Å². The van der Waals surface area contributed by atoms with Crippen LogP contribution in [-0.2, 0) is 0 Å². The Morgan fingerprint density at radius 3 is 2.93 bits per heavy atom. The summed E-state index contributed by atoms with van der Waals surface area (Å²) in [5, 5.41) is 8.75. The summed E-state index contributed by atoms with van der Waals surface area (Å²) in [5.41, 5.74) is 1.58. The Kier molecular flexibility index (Phi) is 1.96. The summed E-state index contributed by atoms with van der Waals surface area (Å²) >= 11 is 0. The van der Waals surface area contributed by atoms with Gasteiger partial charge in [0.15, 0.2) is 0 Å². The first-order chi connectivity index (χ1) is 6.61. The van der Waals surface area contributed by atoms with E-state index in [0.29, 0.717) is 5.56 Å². The average molecular weight is 186 g/mol. The van der Waals surface area contributed by atoms with Gasteiger partial charge in [-0.3, -0.25) is 0 Å². The van der Waals surface area contributed by atoms with Crippen LogP contribution in [0.2, 0.25) is 0 Å². The maximum atomic E-state index is 8.75. The molecule has 1 aliphatic heterocycles. The van der Waals surface area contributed by atoms with Crippen LogP contribution in [0.1, 0.15) is 31.4 Å². The van der Waals surface area contributed by atoms with Gasteiger partial charge in [-0.15, -0.1) is 0 Å². The first-order valence-electron chi connectivity index (χ1n) is 4.67. The van der Waals surface area contributed by atoms with E-state index in [0.717, 1.165) is 17.7 Å². The highest BCUT2D eigenvalue weighted by Gasteiger charge is 2.26. The van der Waals surface area contributed by atoms with Gasteiger partial charge in [0.25, 0.3) is 0 Å². The van der Waals surface area contributed by atoms with Crippen LogP contribution in [0.15, 0.2) is 18.2 Å². The van der Waals surface area contributed by atoms with Crippen molar-refractivity contribution in [3.63, 3.8) is 0 Å². The third-order valence-electron chi connectivity index (χ3n) is 2.34. The Morgan fingerprint density at radius 1 is 1.43 bits per heavy atom. The number of nitriles is 1. The zero-order chi connectivity index (χ0) is 10.2. The first-order valence-corrected chi connectivity index (χ1v) is 4.67. The highest BCUT2D eigenvalue weighted by molar-refractivity contribution is 5.47. The molecule has 0 aromatic heterocycles. The van der Waals surface area contributed by atoms with Gasteiger partial charge in [-0.25, -0.2) is 0 Å². The van der Waals surface area contributed by atoms with Crippen LogP contribution in [0.3, 0.4) is 0 Å². The molecule has 0 spiro atoms. The normalized spacial score (nSPS) is 17.8. The molecule has 0 atom stereocenters. The summed E-state index contributed by atoms with van der Waals surface area (Å²) in [6, 6.07) is 7.66. The Bertz CT molecular complexity index is 401. The minimum absolute atomic E-state index is 0.152. The van der Waals surface area contributed by atoms with Crippen molar-refractivity contribution < 1.29 is 4.74 Å². The number of benzene rings is 1. The van der Waals surface area contributed by atoms with E-state index in [2.05, 4.69) is 12.5 Å². The van der Waals surface area contributed by atoms with Crippen molar-refractivity contribution in [2.24, 2.45) is 0 Å². The van der Waals surface area contributed by atoms with E-state index in [1.807, 2.05) is 26.0 Å². The summed E-state index contributed by atoms with van der Waals surface area (Å²) in [5.74, 6) is 0.820. The maximum Gasteiger partial charge on any atom is 0.124 e. The molecule has 0 unspecified atom stereocenters. The van der Waals surface area contributed by atoms with Gasteiger partial charge >= 0.3 is 0 Å². The average Bonchev–Trinajstić information content (AvgIpc) is 2.15. The molecule has 1 aromatic carbocycles. The topological polar surface area (TPSA) is 33.0 Å². The highest BCUT2D eigenvalue weighted by atomic mass is 16.5. The number of nitrogens with zero attached hydrogens (tertiary/aromatic N) is 1. The second-order valence-electron chi connectivity index (χ2n) is 4.13. The lowest BCUT2D eigenvalue weighted by Gasteiger charge is -2.32. The van der Waals surface area contributed by atoms with Crippen molar-refractivity contribution in [1.82, 2.24) is 0 Å². The van der Waals surface area contributed by atoms with Crippen LogP contribution < -0.4 is 4.74 Å². The summed E-state index contributed by atoms with van der Waals surface area (Å²) in [6.07, 6.45) is 3.06. The van der Waals surface area contributed by atoms with E-state index in [1.54, 1.807) is 6.07 Å². The number of hydrogen-bond donors (Lipinski definition) is 0. The lowest BCUT2D eigenvalue weighted by molar-refractivity contribution is 0.0987. The standard InChI is InChI=1S/C12H12NO/c1-12(2)6-5-10-4-3-9(8-13)7-11(10)14-12/h3-5,7H,6H2,1-2H3. The molecule has 0 saturated carbocycles. The lowest BCUT2D eigenvalue weighted by Crippen LogP contribution is -2.31. The molecule has 0 saturated heterocycles. The molecular weight excluding hydrogens is 174 g/mol. The lowest BCUT2D eigenvalue weighted by atomic mass is 9.94. The molecule has 71 valence electrons. The number of fused-ring (bicyclic) bond motifs is 1. The molecule has 1 heterocycles. The second-order valence-corrected chi connectivity index (χ2v) is 4.13. The Balaban J connectivity index is 2.40. The molecule has 0 fully saturated rings. The quantitative estimate of drug-likeness (QED) is 0.624. The fraction of sp³-hybridized carbons (Fsp3) is 0.333. The van der Waals surface area contributed by atoms with Crippen molar-refractivity contribution in [2.45, 2.75) is 25.9 Å². The van der Waals surface area contributed by atoms with Gasteiger partial charge in [-0.1, -0.05) is 6.07 Å². The van der Waals surface area contributed by atoms with E-state index >= 15 is 0 Å². The fourth-order valence-corrected chi connectivity index (χ4v) is 1.56. The number of rotatable bonds is 0. The molecular formula is C12H12NO. The molecule has 1 aromatic rings. The molecule has 2 heteroatoms. The predicted molar refractivity (Wildman–Crippen MR) is 53.9 cm³/mol. The van der Waals surface area contributed by atoms with E-state index in [1.165, 1.54) is 0 Å². The van der Waals surface area contributed by atoms with Crippen LogP contribution in [0.4, 0.5) is 0 Å². The van der Waals surface area contributed by atoms with Crippen molar-refractivity contribution in [1.29, 1.82) is 5.26 Å². The van der Waals surface area contributed by atoms with Crippen molar-refractivity contribution in [3.8, 4) is 11.8 Å². The minimum atomic E-state index is -0.152. The van der Waals surface area contributed by atoms with Crippen molar-refractivity contribution >= 4 is 0 Å². The fourth-order valence-electron chi connectivity index (χ4n) is 1.56. The van der Waals surface area contributed by atoms with Gasteiger partial charge in [0.05, 0.1) is 11.6 Å².